The summed E-state index contributed by atoms with van der Waals surface area (Å²) >= 11 is 0. The van der Waals surface area contributed by atoms with E-state index in [0.717, 1.165) is 40.1 Å². The first kappa shape index (κ1) is 19.9. The Balaban J connectivity index is 1.49. The SMILES string of the molecule is c1ccc(Oc2cc(Oc3ccccc3)cc(N3c4ccccc4Oc4ccccc43)c2)cc1. The van der Waals surface area contributed by atoms with Crippen LogP contribution in [0.5, 0.6) is 34.5 Å². The number of benzene rings is 5. The van der Waals surface area contributed by atoms with Crippen molar-refractivity contribution in [3.63, 3.8) is 0 Å². The molecular weight excluding hydrogens is 422 g/mol. The summed E-state index contributed by atoms with van der Waals surface area (Å²) < 4.78 is 18.6. The Morgan fingerprint density at radius 1 is 0.441 bits per heavy atom. The molecular formula is C30H21NO3. The van der Waals surface area contributed by atoms with Gasteiger partial charge in [0, 0.05) is 18.2 Å². The van der Waals surface area contributed by atoms with E-state index >= 15 is 0 Å². The number of fused-ring (bicyclic) bond motifs is 2. The summed E-state index contributed by atoms with van der Waals surface area (Å²) in [5.74, 6) is 4.45. The van der Waals surface area contributed by atoms with Crippen molar-refractivity contribution in [3.05, 3.63) is 127 Å². The van der Waals surface area contributed by atoms with Crippen molar-refractivity contribution >= 4 is 17.1 Å². The average Bonchev–Trinajstić information content (AvgIpc) is 2.88. The molecule has 1 aliphatic heterocycles. The molecule has 0 N–H and O–H groups in total. The molecule has 0 spiro atoms. The number of hydrogen-bond donors (Lipinski definition) is 0. The molecule has 0 radical (unpaired) electrons. The number of nitrogens with zero attached hydrogens (tertiary/aromatic N) is 1. The fourth-order valence-corrected chi connectivity index (χ4v) is 4.04. The van der Waals surface area contributed by atoms with Gasteiger partial charge < -0.3 is 19.1 Å². The summed E-state index contributed by atoms with van der Waals surface area (Å²) in [4.78, 5) is 2.17. The van der Waals surface area contributed by atoms with Gasteiger partial charge in [-0.15, -0.1) is 0 Å². The van der Waals surface area contributed by atoms with Crippen LogP contribution >= 0.6 is 0 Å². The second-order valence-corrected chi connectivity index (χ2v) is 7.87. The lowest BCUT2D eigenvalue weighted by molar-refractivity contribution is 0.460. The third-order valence-electron chi connectivity index (χ3n) is 5.51. The van der Waals surface area contributed by atoms with Gasteiger partial charge in [-0.25, -0.2) is 0 Å². The number of ether oxygens (including phenoxy) is 3. The summed E-state index contributed by atoms with van der Waals surface area (Å²) in [6.45, 7) is 0. The van der Waals surface area contributed by atoms with Crippen LogP contribution in [0, 0.1) is 0 Å². The summed E-state index contributed by atoms with van der Waals surface area (Å²) in [5, 5.41) is 0. The van der Waals surface area contributed by atoms with Crippen molar-refractivity contribution in [2.45, 2.75) is 0 Å². The standard InChI is InChI=1S/C30H21NO3/c1-3-11-23(12-4-1)32-25-19-22(20-26(21-25)33-24-13-5-2-6-14-24)31-27-15-7-9-17-29(27)34-30-18-10-8-16-28(30)31/h1-21H. The van der Waals surface area contributed by atoms with Gasteiger partial charge in [0.1, 0.15) is 23.0 Å². The van der Waals surface area contributed by atoms with E-state index in [1.807, 2.05) is 127 Å². The Hall–Kier alpha value is -4.70. The maximum Gasteiger partial charge on any atom is 0.151 e. The van der Waals surface area contributed by atoms with E-state index in [-0.39, 0.29) is 0 Å². The van der Waals surface area contributed by atoms with Crippen LogP contribution in [0.25, 0.3) is 0 Å². The largest absolute Gasteiger partial charge is 0.457 e. The van der Waals surface area contributed by atoms with Crippen LogP contribution in [0.1, 0.15) is 0 Å². The molecule has 5 aromatic carbocycles. The van der Waals surface area contributed by atoms with Crippen LogP contribution in [-0.4, -0.2) is 0 Å². The second kappa shape index (κ2) is 8.68. The van der Waals surface area contributed by atoms with Gasteiger partial charge in [0.2, 0.25) is 0 Å². The molecule has 0 saturated heterocycles. The van der Waals surface area contributed by atoms with Crippen LogP contribution in [0.15, 0.2) is 127 Å². The molecule has 0 aliphatic carbocycles. The van der Waals surface area contributed by atoms with Gasteiger partial charge in [0.05, 0.1) is 17.1 Å². The molecule has 5 aromatic rings. The monoisotopic (exact) mass is 443 g/mol. The van der Waals surface area contributed by atoms with Crippen LogP contribution in [0.4, 0.5) is 17.1 Å². The third kappa shape index (κ3) is 3.93. The Morgan fingerprint density at radius 2 is 0.882 bits per heavy atom. The summed E-state index contributed by atoms with van der Waals surface area (Å²) in [7, 11) is 0. The molecule has 0 bridgehead atoms. The zero-order chi connectivity index (χ0) is 22.7. The summed E-state index contributed by atoms with van der Waals surface area (Å²) in [6.07, 6.45) is 0. The van der Waals surface area contributed by atoms with E-state index in [9.17, 15) is 0 Å². The minimum atomic E-state index is 0.677. The summed E-state index contributed by atoms with van der Waals surface area (Å²) in [5.41, 5.74) is 2.80. The van der Waals surface area contributed by atoms with E-state index < -0.39 is 0 Å². The highest BCUT2D eigenvalue weighted by Gasteiger charge is 2.26. The first-order valence-electron chi connectivity index (χ1n) is 11.1. The molecule has 4 nitrogen and oxygen atoms in total. The third-order valence-corrected chi connectivity index (χ3v) is 5.51. The Bertz CT molecular complexity index is 1330. The van der Waals surface area contributed by atoms with Gasteiger partial charge in [-0.3, -0.25) is 0 Å². The van der Waals surface area contributed by atoms with E-state index in [1.165, 1.54) is 0 Å². The second-order valence-electron chi connectivity index (χ2n) is 7.87. The van der Waals surface area contributed by atoms with Crippen molar-refractivity contribution in [2.75, 3.05) is 4.90 Å². The topological polar surface area (TPSA) is 30.9 Å². The molecule has 0 saturated carbocycles. The van der Waals surface area contributed by atoms with E-state index in [4.69, 9.17) is 14.2 Å². The lowest BCUT2D eigenvalue weighted by Crippen LogP contribution is -2.15. The number of rotatable bonds is 5. The molecule has 1 heterocycles. The molecule has 34 heavy (non-hydrogen) atoms. The first-order chi connectivity index (χ1) is 16.8. The van der Waals surface area contributed by atoms with E-state index in [1.54, 1.807) is 0 Å². The highest BCUT2D eigenvalue weighted by molar-refractivity contribution is 5.86. The predicted octanol–water partition coefficient (Wildman–Crippen LogP) is 8.85. The number of anilines is 3. The number of hydrogen-bond acceptors (Lipinski definition) is 4. The van der Waals surface area contributed by atoms with Crippen LogP contribution in [0.2, 0.25) is 0 Å². The Kier molecular flexibility index (Phi) is 5.09. The fourth-order valence-electron chi connectivity index (χ4n) is 4.04. The lowest BCUT2D eigenvalue weighted by Gasteiger charge is -2.33. The van der Waals surface area contributed by atoms with Crippen LogP contribution in [0.3, 0.4) is 0 Å². The van der Waals surface area contributed by atoms with Gasteiger partial charge in [-0.05, 0) is 48.5 Å². The molecule has 4 heteroatoms. The zero-order valence-electron chi connectivity index (χ0n) is 18.3. The van der Waals surface area contributed by atoms with Crippen molar-refractivity contribution in [2.24, 2.45) is 0 Å². The molecule has 0 aromatic heterocycles. The van der Waals surface area contributed by atoms with Crippen molar-refractivity contribution in [3.8, 4) is 34.5 Å². The smallest absolute Gasteiger partial charge is 0.151 e. The Labute approximate surface area is 198 Å². The van der Waals surface area contributed by atoms with Gasteiger partial charge in [0.25, 0.3) is 0 Å². The average molecular weight is 444 g/mol. The molecule has 6 rings (SSSR count). The number of para-hydroxylation sites is 6. The van der Waals surface area contributed by atoms with E-state index in [0.29, 0.717) is 11.5 Å². The van der Waals surface area contributed by atoms with Gasteiger partial charge in [0.15, 0.2) is 11.5 Å². The normalized spacial score (nSPS) is 11.7. The van der Waals surface area contributed by atoms with Gasteiger partial charge >= 0.3 is 0 Å². The van der Waals surface area contributed by atoms with Gasteiger partial charge in [-0.1, -0.05) is 60.7 Å². The van der Waals surface area contributed by atoms with Gasteiger partial charge in [-0.2, -0.15) is 0 Å². The Morgan fingerprint density at radius 3 is 1.38 bits per heavy atom. The maximum atomic E-state index is 6.23. The van der Waals surface area contributed by atoms with Crippen molar-refractivity contribution < 1.29 is 14.2 Å². The molecule has 0 atom stereocenters. The van der Waals surface area contributed by atoms with Crippen LogP contribution in [-0.2, 0) is 0 Å². The highest BCUT2D eigenvalue weighted by Crippen LogP contribution is 2.51. The predicted molar refractivity (Wildman–Crippen MR) is 134 cm³/mol. The molecule has 164 valence electrons. The molecule has 0 unspecified atom stereocenters. The fraction of sp³-hybridized carbons (Fsp3) is 0. The molecule has 1 aliphatic rings. The minimum Gasteiger partial charge on any atom is -0.457 e. The molecule has 0 amide bonds. The van der Waals surface area contributed by atoms with Crippen molar-refractivity contribution in [1.29, 1.82) is 0 Å². The highest BCUT2D eigenvalue weighted by atomic mass is 16.5. The lowest BCUT2D eigenvalue weighted by atomic mass is 10.1. The summed E-state index contributed by atoms with van der Waals surface area (Å²) in [6, 6.07) is 41.4. The minimum absolute atomic E-state index is 0.677. The quantitative estimate of drug-likeness (QED) is 0.266. The van der Waals surface area contributed by atoms with E-state index in [2.05, 4.69) is 4.90 Å². The van der Waals surface area contributed by atoms with Crippen molar-refractivity contribution in [1.82, 2.24) is 0 Å². The molecule has 0 fully saturated rings. The first-order valence-corrected chi connectivity index (χ1v) is 11.1. The maximum absolute atomic E-state index is 6.23. The van der Waals surface area contributed by atoms with Crippen LogP contribution < -0.4 is 19.1 Å². The zero-order valence-corrected chi connectivity index (χ0v) is 18.3.